The molecule has 0 radical (unpaired) electrons. The molecule has 0 saturated heterocycles. The van der Waals surface area contributed by atoms with Gasteiger partial charge >= 0.3 is 0 Å². The highest BCUT2D eigenvalue weighted by Gasteiger charge is 2.39. The van der Waals surface area contributed by atoms with Crippen LogP contribution < -0.4 is 0 Å². The van der Waals surface area contributed by atoms with E-state index in [1.165, 1.54) is 30.7 Å². The van der Waals surface area contributed by atoms with E-state index >= 15 is 0 Å². The lowest BCUT2D eigenvalue weighted by Gasteiger charge is -2.20. The predicted molar refractivity (Wildman–Crippen MR) is 59.3 cm³/mol. The molecule has 2 fully saturated rings. The maximum atomic E-state index is 4.39. The molecule has 14 heavy (non-hydrogen) atoms. The lowest BCUT2D eigenvalue weighted by Crippen LogP contribution is -2.12. The van der Waals surface area contributed by atoms with Crippen LogP contribution in [0.5, 0.6) is 0 Å². The second-order valence-electron chi connectivity index (χ2n) is 4.50. The molecule has 0 aliphatic heterocycles. The summed E-state index contributed by atoms with van der Waals surface area (Å²) in [5, 5.41) is 2.08. The number of aromatic nitrogens is 1. The Kier molecular flexibility index (Phi) is 2.24. The van der Waals surface area contributed by atoms with E-state index in [0.717, 1.165) is 17.1 Å². The summed E-state index contributed by atoms with van der Waals surface area (Å²) in [6.45, 7) is 0. The van der Waals surface area contributed by atoms with Crippen molar-refractivity contribution in [1.82, 2.24) is 4.98 Å². The third kappa shape index (κ3) is 1.56. The zero-order valence-corrected chi connectivity index (χ0v) is 9.04. The monoisotopic (exact) mass is 205 g/mol. The molecule has 0 amide bonds. The van der Waals surface area contributed by atoms with Gasteiger partial charge < -0.3 is 0 Å². The Labute approximate surface area is 89.3 Å². The minimum atomic E-state index is 0.864. The van der Waals surface area contributed by atoms with Crippen LogP contribution in [0, 0.1) is 11.8 Å². The third-order valence-corrected chi connectivity index (χ3v) is 4.95. The minimum Gasteiger partial charge on any atom is -0.250 e. The third-order valence-electron chi connectivity index (χ3n) is 3.58. The maximum Gasteiger partial charge on any atom is 0.0962 e. The number of pyridine rings is 1. The number of nitrogens with zero attached hydrogens (tertiary/aromatic N) is 1. The van der Waals surface area contributed by atoms with Crippen LogP contribution in [0.4, 0.5) is 0 Å². The molecule has 1 nitrogen and oxygen atoms in total. The highest BCUT2D eigenvalue weighted by molar-refractivity contribution is 7.99. The Morgan fingerprint density at radius 2 is 2.21 bits per heavy atom. The Morgan fingerprint density at radius 1 is 1.21 bits per heavy atom. The molecule has 74 valence electrons. The summed E-state index contributed by atoms with van der Waals surface area (Å²) in [4.78, 5) is 4.39. The van der Waals surface area contributed by atoms with Crippen molar-refractivity contribution in [3.63, 3.8) is 0 Å². The molecule has 0 spiro atoms. The normalized spacial score (nSPS) is 35.0. The van der Waals surface area contributed by atoms with E-state index in [-0.39, 0.29) is 0 Å². The topological polar surface area (TPSA) is 12.9 Å². The standard InChI is InChI=1S/C12H15NS/c1-2-6-13-12(3-1)14-11-8-9-4-5-10(11)7-9/h1-3,6,9-11H,4-5,7-8H2/t9-,10+,11+/m0/s1. The van der Waals surface area contributed by atoms with Gasteiger partial charge in [0.2, 0.25) is 0 Å². The van der Waals surface area contributed by atoms with Gasteiger partial charge in [0.1, 0.15) is 0 Å². The molecule has 2 bridgehead atoms. The fourth-order valence-electron chi connectivity index (χ4n) is 2.90. The molecule has 3 rings (SSSR count). The van der Waals surface area contributed by atoms with Gasteiger partial charge in [0.05, 0.1) is 5.03 Å². The van der Waals surface area contributed by atoms with Crippen molar-refractivity contribution in [2.75, 3.05) is 0 Å². The fraction of sp³-hybridized carbons (Fsp3) is 0.583. The van der Waals surface area contributed by atoms with E-state index in [9.17, 15) is 0 Å². The van der Waals surface area contributed by atoms with Gasteiger partial charge in [-0.05, 0) is 43.2 Å². The summed E-state index contributed by atoms with van der Waals surface area (Å²) < 4.78 is 0. The minimum absolute atomic E-state index is 0.864. The summed E-state index contributed by atoms with van der Waals surface area (Å²) in [5.74, 6) is 2.04. The van der Waals surface area contributed by atoms with E-state index < -0.39 is 0 Å². The highest BCUT2D eigenvalue weighted by atomic mass is 32.2. The number of hydrogen-bond donors (Lipinski definition) is 0. The van der Waals surface area contributed by atoms with E-state index in [0.29, 0.717) is 0 Å². The zero-order valence-electron chi connectivity index (χ0n) is 8.23. The first-order chi connectivity index (χ1) is 6.92. The lowest BCUT2D eigenvalue weighted by molar-refractivity contribution is 0.492. The molecular weight excluding hydrogens is 190 g/mol. The van der Waals surface area contributed by atoms with Gasteiger partial charge in [0.15, 0.2) is 0 Å². The Hall–Kier alpha value is -0.500. The van der Waals surface area contributed by atoms with Crippen LogP contribution in [0.25, 0.3) is 0 Å². The van der Waals surface area contributed by atoms with Gasteiger partial charge in [-0.15, -0.1) is 11.8 Å². The molecule has 2 heteroatoms. The van der Waals surface area contributed by atoms with Gasteiger partial charge in [0, 0.05) is 11.4 Å². The van der Waals surface area contributed by atoms with Crippen LogP contribution in [0.15, 0.2) is 29.4 Å². The Morgan fingerprint density at radius 3 is 2.86 bits per heavy atom. The van der Waals surface area contributed by atoms with Crippen LogP contribution in [0.1, 0.15) is 25.7 Å². The van der Waals surface area contributed by atoms with Gasteiger partial charge in [-0.2, -0.15) is 0 Å². The Balaban J connectivity index is 1.69. The first-order valence-corrected chi connectivity index (χ1v) is 6.37. The second kappa shape index (κ2) is 3.58. The van der Waals surface area contributed by atoms with E-state index in [1.807, 2.05) is 24.0 Å². The van der Waals surface area contributed by atoms with Crippen molar-refractivity contribution in [1.29, 1.82) is 0 Å². The summed E-state index contributed by atoms with van der Waals surface area (Å²) in [7, 11) is 0. The molecule has 2 saturated carbocycles. The predicted octanol–water partition coefficient (Wildman–Crippen LogP) is 3.36. The number of thioether (sulfide) groups is 1. The quantitative estimate of drug-likeness (QED) is 0.734. The highest BCUT2D eigenvalue weighted by Crippen LogP contribution is 2.50. The molecule has 3 atom stereocenters. The van der Waals surface area contributed by atoms with Crippen molar-refractivity contribution in [2.45, 2.75) is 36.0 Å². The molecule has 1 aromatic rings. The zero-order chi connectivity index (χ0) is 9.38. The number of hydrogen-bond acceptors (Lipinski definition) is 2. The first-order valence-electron chi connectivity index (χ1n) is 5.49. The average molecular weight is 205 g/mol. The molecule has 2 aliphatic rings. The number of rotatable bonds is 2. The van der Waals surface area contributed by atoms with E-state index in [4.69, 9.17) is 0 Å². The molecule has 0 unspecified atom stereocenters. The van der Waals surface area contributed by atoms with Crippen molar-refractivity contribution >= 4 is 11.8 Å². The molecule has 1 aromatic heterocycles. The van der Waals surface area contributed by atoms with Crippen molar-refractivity contribution in [3.8, 4) is 0 Å². The number of fused-ring (bicyclic) bond motifs is 2. The lowest BCUT2D eigenvalue weighted by atomic mass is 10.0. The van der Waals surface area contributed by atoms with Gasteiger partial charge in [-0.3, -0.25) is 0 Å². The van der Waals surface area contributed by atoms with Gasteiger partial charge in [-0.1, -0.05) is 12.5 Å². The van der Waals surface area contributed by atoms with E-state index in [1.54, 1.807) is 0 Å². The molecular formula is C12H15NS. The smallest absolute Gasteiger partial charge is 0.0962 e. The molecule has 0 N–H and O–H groups in total. The SMILES string of the molecule is c1ccc(S[C@@H]2C[C@H]3CC[C@@H]2C3)nc1. The van der Waals surface area contributed by atoms with Crippen molar-refractivity contribution < 1.29 is 0 Å². The first kappa shape index (κ1) is 8.78. The van der Waals surface area contributed by atoms with Crippen LogP contribution >= 0.6 is 11.8 Å². The molecule has 0 aromatic carbocycles. The van der Waals surface area contributed by atoms with Gasteiger partial charge in [-0.25, -0.2) is 4.98 Å². The van der Waals surface area contributed by atoms with E-state index in [2.05, 4.69) is 17.1 Å². The van der Waals surface area contributed by atoms with Crippen LogP contribution in [0.3, 0.4) is 0 Å². The largest absolute Gasteiger partial charge is 0.250 e. The van der Waals surface area contributed by atoms with Crippen LogP contribution in [-0.2, 0) is 0 Å². The average Bonchev–Trinajstić information content (AvgIpc) is 2.81. The fourth-order valence-corrected chi connectivity index (χ4v) is 4.30. The van der Waals surface area contributed by atoms with Crippen LogP contribution in [0.2, 0.25) is 0 Å². The second-order valence-corrected chi connectivity index (χ2v) is 5.76. The van der Waals surface area contributed by atoms with Crippen molar-refractivity contribution in [3.05, 3.63) is 24.4 Å². The maximum absolute atomic E-state index is 4.39. The molecule has 2 aliphatic carbocycles. The Bertz CT molecular complexity index is 311. The van der Waals surface area contributed by atoms with Crippen LogP contribution in [-0.4, -0.2) is 10.2 Å². The summed E-state index contributed by atoms with van der Waals surface area (Å²) >= 11 is 2.00. The van der Waals surface area contributed by atoms with Gasteiger partial charge in [0.25, 0.3) is 0 Å². The summed E-state index contributed by atoms with van der Waals surface area (Å²) in [5.41, 5.74) is 0. The summed E-state index contributed by atoms with van der Waals surface area (Å²) in [6, 6.07) is 6.21. The van der Waals surface area contributed by atoms with Crippen molar-refractivity contribution in [2.24, 2.45) is 11.8 Å². The summed E-state index contributed by atoms with van der Waals surface area (Å²) in [6.07, 6.45) is 7.78. The molecule has 1 heterocycles.